The van der Waals surface area contributed by atoms with Crippen molar-refractivity contribution in [2.45, 2.75) is 0 Å². The molecule has 414 valence electrons. The summed E-state index contributed by atoms with van der Waals surface area (Å²) in [6.45, 7) is 0.0816. The quantitative estimate of drug-likeness (QED) is 0.135. The largest absolute Gasteiger partial charge is 0.311 e. The van der Waals surface area contributed by atoms with Crippen molar-refractivity contribution >= 4 is 101 Å². The molecule has 0 radical (unpaired) electrons. The van der Waals surface area contributed by atoms with Gasteiger partial charge in [-0.05, 0) is 136 Å². The normalized spacial score (nSPS) is 12.4. The highest BCUT2D eigenvalue weighted by atomic mass is 15.2. The molecule has 7 nitrogen and oxygen atoms in total. The predicted octanol–water partition coefficient (Wildman–Crippen LogP) is 18.5. The number of benzene rings is 13. The monoisotopic (exact) mass is 1130 g/mol. The van der Waals surface area contributed by atoms with Crippen LogP contribution >= 0.6 is 0 Å². The van der Waals surface area contributed by atoms with Gasteiger partial charge in [0.05, 0.1) is 27.8 Å². The van der Waals surface area contributed by atoms with Crippen LogP contribution in [0.15, 0.2) is 315 Å². The van der Waals surface area contributed by atoms with Gasteiger partial charge in [-0.15, -0.1) is 0 Å². The van der Waals surface area contributed by atoms with E-state index in [1.54, 1.807) is 0 Å². The second-order valence-corrected chi connectivity index (χ2v) is 23.1. The zero-order chi connectivity index (χ0) is 58.5. The minimum atomic E-state index is 0.0816. The number of nitrogens with zero attached hydrogens (tertiary/aromatic N) is 7. The number of anilines is 6. The molecule has 0 unspecified atom stereocenters. The maximum Gasteiger partial charge on any atom is 0.252 e. The summed E-state index contributed by atoms with van der Waals surface area (Å²) in [5, 5.41) is 4.81. The molecular formula is C81H52BN7. The van der Waals surface area contributed by atoms with Gasteiger partial charge in [0.2, 0.25) is 0 Å². The molecule has 0 bridgehead atoms. The smallest absolute Gasteiger partial charge is 0.252 e. The van der Waals surface area contributed by atoms with Crippen LogP contribution in [0.5, 0.6) is 0 Å². The molecule has 2 aliphatic rings. The lowest BCUT2D eigenvalue weighted by atomic mass is 9.33. The molecule has 16 aromatic rings. The highest BCUT2D eigenvalue weighted by Gasteiger charge is 2.43. The first-order chi connectivity index (χ1) is 44.2. The fourth-order valence-electron chi connectivity index (χ4n) is 14.2. The molecule has 3 aromatic heterocycles. The molecule has 0 N–H and O–H groups in total. The van der Waals surface area contributed by atoms with Crippen molar-refractivity contribution in [1.82, 2.24) is 24.1 Å². The number of para-hydroxylation sites is 6. The van der Waals surface area contributed by atoms with E-state index in [-0.39, 0.29) is 6.71 Å². The van der Waals surface area contributed by atoms with Gasteiger partial charge >= 0.3 is 0 Å². The Morgan fingerprint density at radius 1 is 0.236 bits per heavy atom. The second-order valence-electron chi connectivity index (χ2n) is 23.1. The summed E-state index contributed by atoms with van der Waals surface area (Å²) in [5.41, 5.74) is 24.8. The Morgan fingerprint density at radius 3 is 1.22 bits per heavy atom. The zero-order valence-electron chi connectivity index (χ0n) is 48.2. The van der Waals surface area contributed by atoms with E-state index in [2.05, 4.69) is 298 Å². The molecule has 0 spiro atoms. The van der Waals surface area contributed by atoms with Gasteiger partial charge in [0.25, 0.3) is 6.71 Å². The molecule has 5 heterocycles. The summed E-state index contributed by atoms with van der Waals surface area (Å²) >= 11 is 0. The third-order valence-corrected chi connectivity index (χ3v) is 18.2. The minimum Gasteiger partial charge on any atom is -0.311 e. The standard InChI is InChI=1S/C81H52BN7/c1-5-22-56(23-6-1)79-83-80(57-24-7-2-8-25-57)85-81(84-79)58-46-49-71(89-70-35-18-14-31-63(70)66-51-65-62-30-13-17-34-69(62)86(76(65)52-77(66)89)59-26-9-3-10-27-59)64(50-58)55-42-40-53(41-43-55)54-44-47-61(48-45-54)88-73-37-20-16-33-68(73)82-67-32-15-19-36-72(67)87(60-28-11-4-12-29-60)74-38-21-39-75(88)78(74)82/h1-52H. The van der Waals surface area contributed by atoms with Crippen LogP contribution in [0, 0.1) is 0 Å². The molecule has 8 heteroatoms. The maximum absolute atomic E-state index is 5.24. The first kappa shape index (κ1) is 50.5. The number of hydrogen-bond acceptors (Lipinski definition) is 5. The van der Waals surface area contributed by atoms with Gasteiger partial charge in [0.1, 0.15) is 0 Å². The first-order valence-electron chi connectivity index (χ1n) is 30.4. The second kappa shape index (κ2) is 20.4. The van der Waals surface area contributed by atoms with Crippen molar-refractivity contribution in [1.29, 1.82) is 0 Å². The molecule has 0 fully saturated rings. The lowest BCUT2D eigenvalue weighted by molar-refractivity contribution is 1.07. The fraction of sp³-hybridized carbons (Fsp3) is 0. The van der Waals surface area contributed by atoms with Crippen LogP contribution in [0.1, 0.15) is 0 Å². The van der Waals surface area contributed by atoms with Crippen molar-refractivity contribution in [3.8, 4) is 67.8 Å². The average molecular weight is 1130 g/mol. The molecule has 0 saturated heterocycles. The lowest BCUT2D eigenvalue weighted by Crippen LogP contribution is -2.61. The average Bonchev–Trinajstić information content (AvgIpc) is 1.74. The topological polar surface area (TPSA) is 55.0 Å². The summed E-state index contributed by atoms with van der Waals surface area (Å²) in [7, 11) is 0. The predicted molar refractivity (Wildman–Crippen MR) is 370 cm³/mol. The van der Waals surface area contributed by atoms with E-state index < -0.39 is 0 Å². The fourth-order valence-corrected chi connectivity index (χ4v) is 14.2. The SMILES string of the molecule is c1ccc(-c2nc(-c3ccccc3)nc(-c3ccc(-n4c5ccccc5c5cc6c7ccccc7n(-c7ccccc7)c6cc54)c(-c4ccc(-c5ccc(N6c7ccccc7B7c8ccccc8N(c8ccccc8)c8cccc6c87)cc5)cc4)c3)n2)cc1. The molecule has 2 aliphatic heterocycles. The zero-order valence-corrected chi connectivity index (χ0v) is 48.2. The summed E-state index contributed by atoms with van der Waals surface area (Å²) in [5.74, 6) is 1.83. The minimum absolute atomic E-state index is 0.0816. The highest BCUT2D eigenvalue weighted by molar-refractivity contribution is 7.00. The van der Waals surface area contributed by atoms with E-state index in [0.717, 1.165) is 78.2 Å². The molecule has 89 heavy (non-hydrogen) atoms. The van der Waals surface area contributed by atoms with E-state index in [0.29, 0.717) is 17.5 Å². The van der Waals surface area contributed by atoms with Gasteiger partial charge in [-0.2, -0.15) is 0 Å². The number of rotatable bonds is 9. The summed E-state index contributed by atoms with van der Waals surface area (Å²) in [6.07, 6.45) is 0. The van der Waals surface area contributed by atoms with Crippen molar-refractivity contribution in [3.63, 3.8) is 0 Å². The van der Waals surface area contributed by atoms with Crippen LogP contribution in [-0.2, 0) is 0 Å². The van der Waals surface area contributed by atoms with Crippen molar-refractivity contribution in [2.24, 2.45) is 0 Å². The van der Waals surface area contributed by atoms with Gasteiger partial charge in [0, 0.05) is 83.6 Å². The Kier molecular flexibility index (Phi) is 11.6. The first-order valence-corrected chi connectivity index (χ1v) is 30.4. The molecule has 13 aromatic carbocycles. The molecular weight excluding hydrogens is 1080 g/mol. The van der Waals surface area contributed by atoms with Crippen molar-refractivity contribution in [3.05, 3.63) is 315 Å². The van der Waals surface area contributed by atoms with Crippen LogP contribution < -0.4 is 26.2 Å². The van der Waals surface area contributed by atoms with Gasteiger partial charge < -0.3 is 18.9 Å². The van der Waals surface area contributed by atoms with Crippen molar-refractivity contribution in [2.75, 3.05) is 9.80 Å². The van der Waals surface area contributed by atoms with Gasteiger partial charge in [-0.25, -0.2) is 15.0 Å². The molecule has 18 rings (SSSR count). The Bertz CT molecular complexity index is 5380. The molecule has 0 saturated carbocycles. The number of hydrogen-bond donors (Lipinski definition) is 0. The van der Waals surface area contributed by atoms with Crippen LogP contribution in [-0.4, -0.2) is 30.8 Å². The van der Waals surface area contributed by atoms with E-state index in [1.165, 1.54) is 66.2 Å². The summed E-state index contributed by atoms with van der Waals surface area (Å²) < 4.78 is 4.87. The third kappa shape index (κ3) is 8.11. The van der Waals surface area contributed by atoms with Gasteiger partial charge in [-0.1, -0.05) is 212 Å². The van der Waals surface area contributed by atoms with E-state index >= 15 is 0 Å². The Labute approximate surface area is 515 Å². The van der Waals surface area contributed by atoms with Crippen LogP contribution in [0.4, 0.5) is 34.1 Å². The number of fused-ring (bicyclic) bond motifs is 10. The maximum atomic E-state index is 5.24. The van der Waals surface area contributed by atoms with Crippen LogP contribution in [0.25, 0.3) is 111 Å². The van der Waals surface area contributed by atoms with Gasteiger partial charge in [0.15, 0.2) is 17.5 Å². The highest BCUT2D eigenvalue weighted by Crippen LogP contribution is 2.46. The summed E-state index contributed by atoms with van der Waals surface area (Å²) in [6, 6.07) is 114. The van der Waals surface area contributed by atoms with Crippen LogP contribution in [0.3, 0.4) is 0 Å². The van der Waals surface area contributed by atoms with Crippen LogP contribution in [0.2, 0.25) is 0 Å². The molecule has 0 amide bonds. The summed E-state index contributed by atoms with van der Waals surface area (Å²) in [4.78, 5) is 20.4. The Balaban J connectivity index is 0.787. The van der Waals surface area contributed by atoms with E-state index in [9.17, 15) is 0 Å². The Morgan fingerprint density at radius 2 is 0.652 bits per heavy atom. The van der Waals surface area contributed by atoms with Gasteiger partial charge in [-0.3, -0.25) is 0 Å². The number of aromatic nitrogens is 5. The Hall–Kier alpha value is -11.9. The molecule has 0 aliphatic carbocycles. The van der Waals surface area contributed by atoms with E-state index in [1.807, 2.05) is 36.4 Å². The lowest BCUT2D eigenvalue weighted by Gasteiger charge is -2.44. The molecule has 0 atom stereocenters. The van der Waals surface area contributed by atoms with E-state index in [4.69, 9.17) is 15.0 Å². The van der Waals surface area contributed by atoms with Crippen molar-refractivity contribution < 1.29 is 0 Å². The third-order valence-electron chi connectivity index (χ3n) is 18.2.